The molecule has 0 radical (unpaired) electrons. The predicted molar refractivity (Wildman–Crippen MR) is 116 cm³/mol. The molecule has 158 valence electrons. The second-order valence-electron chi connectivity index (χ2n) is 8.07. The second-order valence-corrected chi connectivity index (χ2v) is 8.07. The number of aryl methyl sites for hydroxylation is 2. The van der Waals surface area contributed by atoms with Gasteiger partial charge in [-0.15, -0.1) is 0 Å². The molecule has 1 amide bonds. The zero-order chi connectivity index (χ0) is 21.7. The van der Waals surface area contributed by atoms with Crippen LogP contribution >= 0.6 is 0 Å². The van der Waals surface area contributed by atoms with Crippen molar-refractivity contribution >= 4 is 17.7 Å². The first kappa shape index (κ1) is 21.8. The number of rotatable bonds is 6. The molecular formula is C25H29NO4. The fourth-order valence-electron chi connectivity index (χ4n) is 3.96. The van der Waals surface area contributed by atoms with Gasteiger partial charge in [-0.05, 0) is 44.4 Å². The Morgan fingerprint density at radius 2 is 1.60 bits per heavy atom. The van der Waals surface area contributed by atoms with Gasteiger partial charge in [0, 0.05) is 24.2 Å². The number of carbonyl (C=O) groups excluding carboxylic acids is 3. The van der Waals surface area contributed by atoms with Crippen molar-refractivity contribution in [3.05, 3.63) is 70.3 Å². The average molecular weight is 408 g/mol. The normalized spacial score (nSPS) is 14.2. The lowest BCUT2D eigenvalue weighted by molar-refractivity contribution is -0.135. The summed E-state index contributed by atoms with van der Waals surface area (Å²) in [6, 6.07) is 12.5. The highest BCUT2D eigenvalue weighted by Crippen LogP contribution is 2.22. The standard InChI is InChI=1S/C25H29NO4/c1-17-13-14-18(2)22(15-17)24(28)20-11-7-8-12-21(20)25(29)30-16-23(27)26(3)19-9-5-4-6-10-19/h7-8,11-15,19H,4-6,9-10,16H2,1-3H3. The molecule has 0 heterocycles. The summed E-state index contributed by atoms with van der Waals surface area (Å²) < 4.78 is 5.30. The van der Waals surface area contributed by atoms with Gasteiger partial charge in [-0.25, -0.2) is 4.79 Å². The van der Waals surface area contributed by atoms with E-state index in [1.807, 2.05) is 32.0 Å². The monoisotopic (exact) mass is 407 g/mol. The summed E-state index contributed by atoms with van der Waals surface area (Å²) in [6.45, 7) is 3.47. The van der Waals surface area contributed by atoms with Crippen molar-refractivity contribution in [3.63, 3.8) is 0 Å². The van der Waals surface area contributed by atoms with Crippen molar-refractivity contribution in [2.75, 3.05) is 13.7 Å². The summed E-state index contributed by atoms with van der Waals surface area (Å²) in [5.74, 6) is -1.10. The SMILES string of the molecule is Cc1ccc(C)c(C(=O)c2ccccc2C(=O)OCC(=O)N(C)C2CCCCC2)c1. The van der Waals surface area contributed by atoms with Crippen molar-refractivity contribution in [1.82, 2.24) is 4.90 Å². The number of likely N-dealkylation sites (N-methyl/N-ethyl adjacent to an activating group) is 1. The molecule has 5 nitrogen and oxygen atoms in total. The smallest absolute Gasteiger partial charge is 0.339 e. The van der Waals surface area contributed by atoms with Crippen molar-refractivity contribution < 1.29 is 19.1 Å². The third-order valence-electron chi connectivity index (χ3n) is 5.87. The van der Waals surface area contributed by atoms with Crippen molar-refractivity contribution in [1.29, 1.82) is 0 Å². The van der Waals surface area contributed by atoms with Crippen molar-refractivity contribution in [3.8, 4) is 0 Å². The number of ketones is 1. The van der Waals surface area contributed by atoms with Gasteiger partial charge < -0.3 is 9.64 Å². The van der Waals surface area contributed by atoms with Crippen LogP contribution in [-0.4, -0.2) is 42.3 Å². The summed E-state index contributed by atoms with van der Waals surface area (Å²) in [4.78, 5) is 40.0. The van der Waals surface area contributed by atoms with Gasteiger partial charge in [0.25, 0.3) is 5.91 Å². The van der Waals surface area contributed by atoms with Crippen LogP contribution in [0.15, 0.2) is 42.5 Å². The number of benzene rings is 2. The van der Waals surface area contributed by atoms with Gasteiger partial charge in [-0.1, -0.05) is 55.2 Å². The van der Waals surface area contributed by atoms with E-state index in [9.17, 15) is 14.4 Å². The van der Waals surface area contributed by atoms with Crippen LogP contribution in [0.4, 0.5) is 0 Å². The molecule has 0 bridgehead atoms. The Morgan fingerprint density at radius 1 is 0.933 bits per heavy atom. The first-order valence-electron chi connectivity index (χ1n) is 10.5. The van der Waals surface area contributed by atoms with E-state index >= 15 is 0 Å². The molecule has 0 spiro atoms. The molecule has 5 heteroatoms. The number of carbonyl (C=O) groups is 3. The lowest BCUT2D eigenvalue weighted by Gasteiger charge is -2.31. The number of amides is 1. The number of nitrogens with zero attached hydrogens (tertiary/aromatic N) is 1. The van der Waals surface area contributed by atoms with Gasteiger partial charge in [-0.3, -0.25) is 9.59 Å². The molecule has 0 unspecified atom stereocenters. The molecule has 1 fully saturated rings. The minimum absolute atomic E-state index is 0.177. The highest BCUT2D eigenvalue weighted by Gasteiger charge is 2.24. The highest BCUT2D eigenvalue weighted by molar-refractivity contribution is 6.15. The zero-order valence-electron chi connectivity index (χ0n) is 17.9. The molecule has 1 aliphatic rings. The number of hydrogen-bond acceptors (Lipinski definition) is 4. The quantitative estimate of drug-likeness (QED) is 0.523. The lowest BCUT2D eigenvalue weighted by Crippen LogP contribution is -2.40. The van der Waals surface area contributed by atoms with Gasteiger partial charge in [-0.2, -0.15) is 0 Å². The highest BCUT2D eigenvalue weighted by atomic mass is 16.5. The van der Waals surface area contributed by atoms with E-state index in [1.54, 1.807) is 36.2 Å². The van der Waals surface area contributed by atoms with E-state index in [0.717, 1.165) is 36.8 Å². The summed E-state index contributed by atoms with van der Waals surface area (Å²) in [5, 5.41) is 0. The van der Waals surface area contributed by atoms with Crippen LogP contribution in [0.25, 0.3) is 0 Å². The van der Waals surface area contributed by atoms with Gasteiger partial charge in [0.2, 0.25) is 0 Å². The van der Waals surface area contributed by atoms with Gasteiger partial charge in [0.1, 0.15) is 0 Å². The van der Waals surface area contributed by atoms with Gasteiger partial charge in [0.15, 0.2) is 12.4 Å². The minimum atomic E-state index is -0.658. The predicted octanol–water partition coefficient (Wildman–Crippen LogP) is 4.48. The fourth-order valence-corrected chi connectivity index (χ4v) is 3.96. The Labute approximate surface area is 178 Å². The summed E-state index contributed by atoms with van der Waals surface area (Å²) in [5.41, 5.74) is 2.84. The van der Waals surface area contributed by atoms with E-state index in [1.165, 1.54) is 6.42 Å². The molecule has 0 N–H and O–H groups in total. The number of ether oxygens (including phenoxy) is 1. The molecule has 0 aliphatic heterocycles. The van der Waals surface area contributed by atoms with Gasteiger partial charge in [0.05, 0.1) is 5.56 Å². The van der Waals surface area contributed by atoms with Crippen LogP contribution in [-0.2, 0) is 9.53 Å². The topological polar surface area (TPSA) is 63.7 Å². The van der Waals surface area contributed by atoms with Crippen LogP contribution in [0.3, 0.4) is 0 Å². The molecular weight excluding hydrogens is 378 g/mol. The Bertz CT molecular complexity index is 944. The molecule has 3 rings (SSSR count). The molecule has 0 saturated heterocycles. The van der Waals surface area contributed by atoms with E-state index in [0.29, 0.717) is 5.56 Å². The third kappa shape index (κ3) is 4.96. The maximum atomic E-state index is 13.1. The molecule has 2 aromatic carbocycles. The zero-order valence-corrected chi connectivity index (χ0v) is 17.9. The Balaban J connectivity index is 1.72. The van der Waals surface area contributed by atoms with Crippen LogP contribution < -0.4 is 0 Å². The third-order valence-corrected chi connectivity index (χ3v) is 5.87. The maximum absolute atomic E-state index is 13.1. The van der Waals surface area contributed by atoms with E-state index in [2.05, 4.69) is 0 Å². The van der Waals surface area contributed by atoms with E-state index in [-0.39, 0.29) is 35.5 Å². The van der Waals surface area contributed by atoms with Crippen LogP contribution in [0.1, 0.15) is 69.5 Å². The Hall–Kier alpha value is -2.95. The van der Waals surface area contributed by atoms with E-state index in [4.69, 9.17) is 4.74 Å². The van der Waals surface area contributed by atoms with Crippen molar-refractivity contribution in [2.45, 2.75) is 52.0 Å². The lowest BCUT2D eigenvalue weighted by atomic mass is 9.94. The van der Waals surface area contributed by atoms with Crippen LogP contribution in [0, 0.1) is 13.8 Å². The van der Waals surface area contributed by atoms with Crippen molar-refractivity contribution in [2.24, 2.45) is 0 Å². The second kappa shape index (κ2) is 9.70. The first-order chi connectivity index (χ1) is 14.4. The molecule has 1 aliphatic carbocycles. The van der Waals surface area contributed by atoms with Crippen LogP contribution in [0.5, 0.6) is 0 Å². The maximum Gasteiger partial charge on any atom is 0.339 e. The number of esters is 1. The Morgan fingerprint density at radius 3 is 2.30 bits per heavy atom. The summed E-state index contributed by atoms with van der Waals surface area (Å²) >= 11 is 0. The largest absolute Gasteiger partial charge is 0.452 e. The minimum Gasteiger partial charge on any atom is -0.452 e. The Kier molecular flexibility index (Phi) is 7.03. The van der Waals surface area contributed by atoms with E-state index < -0.39 is 5.97 Å². The summed E-state index contributed by atoms with van der Waals surface area (Å²) in [7, 11) is 1.77. The van der Waals surface area contributed by atoms with Gasteiger partial charge >= 0.3 is 5.97 Å². The fraction of sp³-hybridized carbons (Fsp3) is 0.400. The molecule has 0 aromatic heterocycles. The first-order valence-corrected chi connectivity index (χ1v) is 10.5. The molecule has 30 heavy (non-hydrogen) atoms. The average Bonchev–Trinajstić information content (AvgIpc) is 2.78. The molecule has 2 aromatic rings. The molecule has 0 atom stereocenters. The summed E-state index contributed by atoms with van der Waals surface area (Å²) in [6.07, 6.45) is 5.43. The number of hydrogen-bond donors (Lipinski definition) is 0. The molecule has 1 saturated carbocycles. The van der Waals surface area contributed by atoms with Crippen LogP contribution in [0.2, 0.25) is 0 Å².